The molecule has 0 fully saturated rings. The summed E-state index contributed by atoms with van der Waals surface area (Å²) in [5, 5.41) is 10.6. The Kier molecular flexibility index (Phi) is 4.14. The fourth-order valence-electron chi connectivity index (χ4n) is 2.69. The van der Waals surface area contributed by atoms with Crippen molar-refractivity contribution in [1.82, 2.24) is 4.57 Å². The molecule has 0 aliphatic carbocycles. The van der Waals surface area contributed by atoms with Crippen LogP contribution in [0.4, 0.5) is 0 Å². The van der Waals surface area contributed by atoms with E-state index in [0.717, 1.165) is 29.4 Å². The van der Waals surface area contributed by atoms with E-state index in [9.17, 15) is 9.90 Å². The Morgan fingerprint density at radius 1 is 1.40 bits per heavy atom. The summed E-state index contributed by atoms with van der Waals surface area (Å²) in [6.45, 7) is 7.46. The van der Waals surface area contributed by atoms with Crippen molar-refractivity contribution in [2.24, 2.45) is 5.73 Å². The average molecular weight is 274 g/mol. The summed E-state index contributed by atoms with van der Waals surface area (Å²) in [6.07, 6.45) is 2.92. The number of aromatic carboxylic acids is 1. The molecular weight excluding hydrogens is 252 g/mol. The Bertz CT molecular complexity index is 641. The van der Waals surface area contributed by atoms with Crippen molar-refractivity contribution in [3.8, 4) is 0 Å². The fraction of sp³-hybridized carbons (Fsp3) is 0.438. The minimum Gasteiger partial charge on any atom is -0.478 e. The highest BCUT2D eigenvalue weighted by molar-refractivity contribution is 6.04. The van der Waals surface area contributed by atoms with Crippen molar-refractivity contribution in [3.05, 3.63) is 35.0 Å². The van der Waals surface area contributed by atoms with Crippen LogP contribution in [0.2, 0.25) is 0 Å². The van der Waals surface area contributed by atoms with Gasteiger partial charge in [0.15, 0.2) is 0 Å². The largest absolute Gasteiger partial charge is 0.478 e. The molecule has 1 heterocycles. The predicted octanol–water partition coefficient (Wildman–Crippen LogP) is 3.12. The van der Waals surface area contributed by atoms with Gasteiger partial charge in [0.1, 0.15) is 0 Å². The van der Waals surface area contributed by atoms with E-state index < -0.39 is 5.97 Å². The minimum atomic E-state index is -0.865. The molecule has 0 unspecified atom stereocenters. The van der Waals surface area contributed by atoms with E-state index in [1.807, 2.05) is 23.6 Å². The second-order valence-corrected chi connectivity index (χ2v) is 5.53. The predicted molar refractivity (Wildman–Crippen MR) is 81.4 cm³/mol. The van der Waals surface area contributed by atoms with Crippen molar-refractivity contribution in [2.75, 3.05) is 6.54 Å². The van der Waals surface area contributed by atoms with E-state index in [2.05, 4.69) is 20.0 Å². The molecule has 0 aliphatic heterocycles. The van der Waals surface area contributed by atoms with Crippen molar-refractivity contribution < 1.29 is 9.90 Å². The third kappa shape index (κ3) is 2.43. The van der Waals surface area contributed by atoms with E-state index >= 15 is 0 Å². The van der Waals surface area contributed by atoms with Gasteiger partial charge in [-0.1, -0.05) is 26.0 Å². The molecule has 0 amide bonds. The first-order valence-corrected chi connectivity index (χ1v) is 7.03. The molecule has 0 radical (unpaired) electrons. The van der Waals surface area contributed by atoms with Crippen LogP contribution in [0, 0.1) is 6.92 Å². The number of nitrogens with two attached hydrogens (primary N) is 1. The zero-order valence-electron chi connectivity index (χ0n) is 12.3. The van der Waals surface area contributed by atoms with Crippen LogP contribution in [0.15, 0.2) is 18.3 Å². The summed E-state index contributed by atoms with van der Waals surface area (Å²) >= 11 is 0. The fourth-order valence-corrected chi connectivity index (χ4v) is 2.69. The van der Waals surface area contributed by atoms with E-state index in [0.29, 0.717) is 18.0 Å². The molecule has 4 nitrogen and oxygen atoms in total. The lowest BCUT2D eigenvalue weighted by atomic mass is 9.99. The van der Waals surface area contributed by atoms with E-state index in [-0.39, 0.29) is 0 Å². The van der Waals surface area contributed by atoms with Gasteiger partial charge in [-0.2, -0.15) is 0 Å². The summed E-state index contributed by atoms with van der Waals surface area (Å²) in [7, 11) is 0. The van der Waals surface area contributed by atoms with Gasteiger partial charge in [0.25, 0.3) is 0 Å². The molecule has 1 aromatic heterocycles. The van der Waals surface area contributed by atoms with Crippen molar-refractivity contribution in [1.29, 1.82) is 0 Å². The Labute approximate surface area is 119 Å². The maximum absolute atomic E-state index is 11.6. The number of nitrogens with zero attached hydrogens (tertiary/aromatic N) is 1. The molecule has 0 aliphatic rings. The van der Waals surface area contributed by atoms with Crippen LogP contribution >= 0.6 is 0 Å². The van der Waals surface area contributed by atoms with Gasteiger partial charge < -0.3 is 15.4 Å². The molecule has 3 N–H and O–H groups in total. The van der Waals surface area contributed by atoms with Crippen molar-refractivity contribution in [3.63, 3.8) is 0 Å². The molecule has 108 valence electrons. The quantitative estimate of drug-likeness (QED) is 0.880. The lowest BCUT2D eigenvalue weighted by Gasteiger charge is -2.09. The monoisotopic (exact) mass is 274 g/mol. The van der Waals surface area contributed by atoms with Crippen LogP contribution in [0.5, 0.6) is 0 Å². The zero-order chi connectivity index (χ0) is 14.9. The number of carboxylic acids is 1. The topological polar surface area (TPSA) is 68.2 Å². The average Bonchev–Trinajstić information content (AvgIpc) is 2.74. The standard InChI is InChI=1S/C16H22N2O2/c1-10(2)13-9-18(8-4-7-17)15-12(13)6-5-11(3)14(15)16(19)20/h5-6,9-10H,4,7-8,17H2,1-3H3,(H,19,20). The summed E-state index contributed by atoms with van der Waals surface area (Å²) in [4.78, 5) is 11.6. The molecule has 0 atom stereocenters. The molecule has 4 heteroatoms. The molecule has 0 saturated carbocycles. The lowest BCUT2D eigenvalue weighted by molar-refractivity contribution is 0.0698. The summed E-state index contributed by atoms with van der Waals surface area (Å²) in [6, 6.07) is 3.93. The number of hydrogen-bond acceptors (Lipinski definition) is 2. The highest BCUT2D eigenvalue weighted by atomic mass is 16.4. The zero-order valence-corrected chi connectivity index (χ0v) is 12.3. The molecule has 20 heavy (non-hydrogen) atoms. The Hall–Kier alpha value is -1.81. The molecule has 1 aromatic carbocycles. The second-order valence-electron chi connectivity index (χ2n) is 5.53. The van der Waals surface area contributed by atoms with Gasteiger partial charge >= 0.3 is 5.97 Å². The van der Waals surface area contributed by atoms with Crippen LogP contribution in [-0.4, -0.2) is 22.2 Å². The molecule has 2 rings (SSSR count). The smallest absolute Gasteiger partial charge is 0.338 e. The van der Waals surface area contributed by atoms with E-state index in [1.54, 1.807) is 0 Å². The Morgan fingerprint density at radius 3 is 2.65 bits per heavy atom. The van der Waals surface area contributed by atoms with Crippen LogP contribution in [0.3, 0.4) is 0 Å². The molecule has 0 bridgehead atoms. The van der Waals surface area contributed by atoms with Crippen molar-refractivity contribution in [2.45, 2.75) is 39.7 Å². The SMILES string of the molecule is Cc1ccc2c(C(C)C)cn(CCCN)c2c1C(=O)O. The number of rotatable bonds is 5. The molecule has 0 spiro atoms. The normalized spacial score (nSPS) is 11.4. The summed E-state index contributed by atoms with van der Waals surface area (Å²) in [5.41, 5.74) is 8.81. The van der Waals surface area contributed by atoms with Crippen LogP contribution in [-0.2, 0) is 6.54 Å². The van der Waals surface area contributed by atoms with Crippen LogP contribution in [0.25, 0.3) is 10.9 Å². The number of carbonyl (C=O) groups is 1. The number of benzene rings is 1. The van der Waals surface area contributed by atoms with Gasteiger partial charge in [-0.15, -0.1) is 0 Å². The van der Waals surface area contributed by atoms with E-state index in [4.69, 9.17) is 5.73 Å². The summed E-state index contributed by atoms with van der Waals surface area (Å²) in [5.74, 6) is -0.503. The van der Waals surface area contributed by atoms with Crippen LogP contribution < -0.4 is 5.73 Å². The van der Waals surface area contributed by atoms with Crippen molar-refractivity contribution >= 4 is 16.9 Å². The van der Waals surface area contributed by atoms with Crippen LogP contribution in [0.1, 0.15) is 47.7 Å². The highest BCUT2D eigenvalue weighted by Gasteiger charge is 2.19. The maximum Gasteiger partial charge on any atom is 0.338 e. The first-order chi connectivity index (χ1) is 9.47. The van der Waals surface area contributed by atoms with Gasteiger partial charge in [0, 0.05) is 18.1 Å². The number of hydrogen-bond donors (Lipinski definition) is 2. The molecular formula is C16H22N2O2. The Balaban J connectivity index is 2.76. The van der Waals surface area contributed by atoms with E-state index in [1.165, 1.54) is 5.56 Å². The van der Waals surface area contributed by atoms with Gasteiger partial charge in [-0.3, -0.25) is 0 Å². The first kappa shape index (κ1) is 14.6. The third-order valence-electron chi connectivity index (χ3n) is 3.72. The molecule has 0 saturated heterocycles. The number of fused-ring (bicyclic) bond motifs is 1. The number of aryl methyl sites for hydroxylation is 2. The number of aromatic nitrogens is 1. The second kappa shape index (κ2) is 5.67. The molecule has 2 aromatic rings. The van der Waals surface area contributed by atoms with Gasteiger partial charge in [-0.25, -0.2) is 4.79 Å². The van der Waals surface area contributed by atoms with Gasteiger partial charge in [0.05, 0.1) is 11.1 Å². The van der Waals surface area contributed by atoms with Gasteiger partial charge in [0.2, 0.25) is 0 Å². The lowest BCUT2D eigenvalue weighted by Crippen LogP contribution is -2.08. The Morgan fingerprint density at radius 2 is 2.10 bits per heavy atom. The summed E-state index contributed by atoms with van der Waals surface area (Å²) < 4.78 is 2.05. The minimum absolute atomic E-state index is 0.362. The maximum atomic E-state index is 11.6. The first-order valence-electron chi connectivity index (χ1n) is 7.03. The van der Waals surface area contributed by atoms with Gasteiger partial charge in [-0.05, 0) is 36.9 Å². The number of carboxylic acid groups (broad SMARTS) is 1. The third-order valence-corrected chi connectivity index (χ3v) is 3.72. The highest BCUT2D eigenvalue weighted by Crippen LogP contribution is 2.31.